The second-order valence-corrected chi connectivity index (χ2v) is 9.79. The Morgan fingerprint density at radius 2 is 1.09 bits per heavy atom. The molecule has 3 nitrogen and oxygen atoms in total. The minimum Gasteiger partial charge on any atom is -0.508 e. The third-order valence-electron chi connectivity index (χ3n) is 6.53. The predicted molar refractivity (Wildman–Crippen MR) is 146 cm³/mol. The number of carbonyl (C=O) groups is 1. The highest BCUT2D eigenvalue weighted by atomic mass is 16.5. The summed E-state index contributed by atoms with van der Waals surface area (Å²) in [4.78, 5) is 11.8. The van der Waals surface area contributed by atoms with Crippen LogP contribution in [0.3, 0.4) is 0 Å². The molecular weight excluding hydrogens is 420 g/mol. The van der Waals surface area contributed by atoms with Gasteiger partial charge in [0.2, 0.25) is 0 Å². The monoisotopic (exact) mass is 472 g/mol. The molecule has 0 unspecified atom stereocenters. The molecule has 0 saturated carbocycles. The number of benzene rings is 1. The lowest BCUT2D eigenvalue weighted by Crippen LogP contribution is -2.03. The van der Waals surface area contributed by atoms with Crippen molar-refractivity contribution in [2.45, 2.75) is 135 Å². The molecule has 0 aliphatic heterocycles. The topological polar surface area (TPSA) is 46.5 Å². The highest BCUT2D eigenvalue weighted by molar-refractivity contribution is 5.69. The van der Waals surface area contributed by atoms with E-state index in [2.05, 4.69) is 6.92 Å². The third kappa shape index (κ3) is 19.7. The molecule has 0 aromatic heterocycles. The van der Waals surface area contributed by atoms with Gasteiger partial charge in [-0.2, -0.15) is 0 Å². The van der Waals surface area contributed by atoms with Gasteiger partial charge in [0.1, 0.15) is 12.4 Å². The molecule has 0 aliphatic rings. The fourth-order valence-corrected chi connectivity index (χ4v) is 4.33. The molecular formula is C31H52O3. The number of esters is 1. The lowest BCUT2D eigenvalue weighted by molar-refractivity contribution is -0.142. The van der Waals surface area contributed by atoms with Gasteiger partial charge in [0.25, 0.3) is 0 Å². The van der Waals surface area contributed by atoms with E-state index in [1.807, 2.05) is 24.3 Å². The summed E-state index contributed by atoms with van der Waals surface area (Å²) in [6, 6.07) is 6.94. The van der Waals surface area contributed by atoms with Gasteiger partial charge in [0.15, 0.2) is 0 Å². The first-order valence-electron chi connectivity index (χ1n) is 14.3. The molecule has 3 heteroatoms. The molecule has 1 N–H and O–H groups in total. The van der Waals surface area contributed by atoms with Crippen LogP contribution in [0.4, 0.5) is 0 Å². The first-order chi connectivity index (χ1) is 16.7. The third-order valence-corrected chi connectivity index (χ3v) is 6.53. The second-order valence-electron chi connectivity index (χ2n) is 9.79. The maximum absolute atomic E-state index is 11.8. The number of aromatic hydroxyl groups is 1. The van der Waals surface area contributed by atoms with E-state index in [0.29, 0.717) is 13.0 Å². The van der Waals surface area contributed by atoms with E-state index in [0.717, 1.165) is 18.4 Å². The van der Waals surface area contributed by atoms with Crippen LogP contribution < -0.4 is 0 Å². The van der Waals surface area contributed by atoms with Crippen LogP contribution in [0.5, 0.6) is 5.75 Å². The first-order valence-corrected chi connectivity index (χ1v) is 14.3. The lowest BCUT2D eigenvalue weighted by Gasteiger charge is -2.04. The van der Waals surface area contributed by atoms with Crippen molar-refractivity contribution in [2.75, 3.05) is 6.61 Å². The van der Waals surface area contributed by atoms with Gasteiger partial charge in [0, 0.05) is 6.42 Å². The largest absolute Gasteiger partial charge is 0.508 e. The van der Waals surface area contributed by atoms with Crippen molar-refractivity contribution in [3.05, 3.63) is 35.9 Å². The Morgan fingerprint density at radius 3 is 1.53 bits per heavy atom. The van der Waals surface area contributed by atoms with E-state index in [4.69, 9.17) is 4.74 Å². The molecule has 1 rings (SSSR count). The van der Waals surface area contributed by atoms with Gasteiger partial charge in [0.05, 0.1) is 0 Å². The molecule has 0 spiro atoms. The predicted octanol–water partition coefficient (Wildman–Crippen LogP) is 9.77. The number of unbranched alkanes of at least 4 members (excludes halogenated alkanes) is 18. The van der Waals surface area contributed by atoms with Gasteiger partial charge >= 0.3 is 5.97 Å². The standard InChI is InChI=1S/C31H52O3/c1-2-3-4-5-6-7-8-9-10-11-12-13-14-15-16-17-18-19-20-23-31(33)34-28-21-22-29-24-26-30(32)27-25-29/h21-22,24-27,32H,2-20,23,28H2,1H3/b22-21+. The SMILES string of the molecule is CCCCCCCCCCCCCCCCCCCCCC(=O)OC/C=C/c1ccc(O)cc1. The quantitative estimate of drug-likeness (QED) is 0.127. The molecule has 1 aromatic rings. The molecule has 194 valence electrons. The minimum absolute atomic E-state index is 0.109. The fraction of sp³-hybridized carbons (Fsp3) is 0.710. The van der Waals surface area contributed by atoms with E-state index in [1.165, 1.54) is 109 Å². The zero-order valence-corrected chi connectivity index (χ0v) is 22.1. The average Bonchev–Trinajstić information content (AvgIpc) is 2.84. The van der Waals surface area contributed by atoms with E-state index < -0.39 is 0 Å². The zero-order valence-electron chi connectivity index (χ0n) is 22.1. The molecule has 0 fully saturated rings. The van der Waals surface area contributed by atoms with Gasteiger partial charge in [-0.05, 0) is 30.2 Å². The van der Waals surface area contributed by atoms with E-state index in [9.17, 15) is 9.90 Å². The molecule has 1 aromatic carbocycles. The Bertz CT molecular complexity index is 606. The second kappa shape index (κ2) is 23.0. The van der Waals surface area contributed by atoms with Crippen LogP contribution in [-0.4, -0.2) is 17.7 Å². The smallest absolute Gasteiger partial charge is 0.306 e. The summed E-state index contributed by atoms with van der Waals surface area (Å²) in [5.41, 5.74) is 0.979. The summed E-state index contributed by atoms with van der Waals surface area (Å²) < 4.78 is 5.25. The van der Waals surface area contributed by atoms with Gasteiger partial charge in [-0.15, -0.1) is 0 Å². The van der Waals surface area contributed by atoms with Gasteiger partial charge in [-0.25, -0.2) is 0 Å². The molecule has 0 bridgehead atoms. The molecule has 0 aliphatic carbocycles. The van der Waals surface area contributed by atoms with Crippen LogP contribution in [0.15, 0.2) is 30.3 Å². The summed E-state index contributed by atoms with van der Waals surface area (Å²) in [5.74, 6) is 0.144. The van der Waals surface area contributed by atoms with Crippen molar-refractivity contribution in [2.24, 2.45) is 0 Å². The van der Waals surface area contributed by atoms with Crippen molar-refractivity contribution in [1.29, 1.82) is 0 Å². The van der Waals surface area contributed by atoms with Crippen LogP contribution in [0, 0.1) is 0 Å². The molecule has 34 heavy (non-hydrogen) atoms. The van der Waals surface area contributed by atoms with Crippen molar-refractivity contribution in [1.82, 2.24) is 0 Å². The molecule has 0 heterocycles. The Morgan fingerprint density at radius 1 is 0.676 bits per heavy atom. The van der Waals surface area contributed by atoms with Gasteiger partial charge < -0.3 is 9.84 Å². The highest BCUT2D eigenvalue weighted by Crippen LogP contribution is 2.15. The van der Waals surface area contributed by atoms with Crippen LogP contribution in [-0.2, 0) is 9.53 Å². The Balaban J connectivity index is 1.76. The number of hydrogen-bond donors (Lipinski definition) is 1. The van der Waals surface area contributed by atoms with Crippen LogP contribution in [0.2, 0.25) is 0 Å². The maximum Gasteiger partial charge on any atom is 0.306 e. The maximum atomic E-state index is 11.8. The number of ether oxygens (including phenoxy) is 1. The number of phenols is 1. The van der Waals surface area contributed by atoms with Crippen molar-refractivity contribution in [3.8, 4) is 5.75 Å². The van der Waals surface area contributed by atoms with Crippen molar-refractivity contribution < 1.29 is 14.6 Å². The van der Waals surface area contributed by atoms with E-state index in [1.54, 1.807) is 12.1 Å². The van der Waals surface area contributed by atoms with Gasteiger partial charge in [-0.3, -0.25) is 4.79 Å². The molecule has 0 atom stereocenters. The Labute approximate surface area is 210 Å². The summed E-state index contributed by atoms with van der Waals surface area (Å²) in [5, 5.41) is 9.26. The normalized spacial score (nSPS) is 11.3. The Hall–Kier alpha value is -1.77. The molecule has 0 amide bonds. The molecule has 0 saturated heterocycles. The highest BCUT2D eigenvalue weighted by Gasteiger charge is 2.01. The number of carbonyl (C=O) groups excluding carboxylic acids is 1. The van der Waals surface area contributed by atoms with Crippen LogP contribution >= 0.6 is 0 Å². The first kappa shape index (κ1) is 30.3. The zero-order chi connectivity index (χ0) is 24.5. The summed E-state index contributed by atoms with van der Waals surface area (Å²) in [6.07, 6.45) is 30.0. The summed E-state index contributed by atoms with van der Waals surface area (Å²) >= 11 is 0. The van der Waals surface area contributed by atoms with E-state index in [-0.39, 0.29) is 11.7 Å². The van der Waals surface area contributed by atoms with Crippen LogP contribution in [0.1, 0.15) is 141 Å². The van der Waals surface area contributed by atoms with Gasteiger partial charge in [-0.1, -0.05) is 141 Å². The van der Waals surface area contributed by atoms with Crippen LogP contribution in [0.25, 0.3) is 6.08 Å². The summed E-state index contributed by atoms with van der Waals surface area (Å²) in [7, 11) is 0. The van der Waals surface area contributed by atoms with E-state index >= 15 is 0 Å². The minimum atomic E-state index is -0.109. The Kier molecular flexibility index (Phi) is 20.5. The average molecular weight is 473 g/mol. The number of hydrogen-bond acceptors (Lipinski definition) is 3. The lowest BCUT2D eigenvalue weighted by atomic mass is 10.0. The summed E-state index contributed by atoms with van der Waals surface area (Å²) in [6.45, 7) is 2.59. The number of phenolic OH excluding ortho intramolecular Hbond substituents is 1. The number of rotatable bonds is 23. The fourth-order valence-electron chi connectivity index (χ4n) is 4.33. The van der Waals surface area contributed by atoms with Crippen molar-refractivity contribution >= 4 is 12.0 Å². The molecule has 0 radical (unpaired) electrons. The van der Waals surface area contributed by atoms with Crippen molar-refractivity contribution in [3.63, 3.8) is 0 Å².